The molecule has 3 aromatic rings. The summed E-state index contributed by atoms with van der Waals surface area (Å²) in [6.45, 7) is 4.46. The van der Waals surface area contributed by atoms with Gasteiger partial charge in [0.25, 0.3) is 0 Å². The number of carbonyl (C=O) groups is 1. The molecule has 1 atom stereocenters. The Morgan fingerprint density at radius 3 is 2.66 bits per heavy atom. The summed E-state index contributed by atoms with van der Waals surface area (Å²) >= 11 is 6.01. The van der Waals surface area contributed by atoms with Crippen molar-refractivity contribution >= 4 is 28.7 Å². The smallest absolute Gasteiger partial charge is 0.337 e. The monoisotopic (exact) mass is 421 g/mol. The summed E-state index contributed by atoms with van der Waals surface area (Å²) in [5.74, 6) is -0.170. The van der Waals surface area contributed by atoms with E-state index in [0.29, 0.717) is 41.9 Å². The van der Waals surface area contributed by atoms with Crippen LogP contribution in [0, 0.1) is 0 Å². The molecule has 1 aliphatic rings. The van der Waals surface area contributed by atoms with Gasteiger partial charge in [-0.15, -0.1) is 0 Å². The zero-order valence-electron chi connectivity index (χ0n) is 15.0. The second-order valence-electron chi connectivity index (χ2n) is 6.66. The molecular weight excluding hydrogens is 407 g/mol. The molecule has 4 rings (SSSR count). The topological polar surface area (TPSA) is 63.9 Å². The predicted molar refractivity (Wildman–Crippen MR) is 101 cm³/mol. The lowest BCUT2D eigenvalue weighted by Crippen LogP contribution is -2.27. The van der Waals surface area contributed by atoms with Crippen LogP contribution in [-0.4, -0.2) is 43.6 Å². The Morgan fingerprint density at radius 1 is 1.28 bits per heavy atom. The molecule has 1 aliphatic heterocycles. The molecular formula is C19H15ClF3N5O. The van der Waals surface area contributed by atoms with Crippen molar-refractivity contribution in [2.24, 2.45) is 0 Å². The molecule has 0 saturated carbocycles. The second kappa shape index (κ2) is 7.14. The second-order valence-corrected chi connectivity index (χ2v) is 7.05. The minimum Gasteiger partial charge on any atom is -0.337 e. The van der Waals surface area contributed by atoms with Gasteiger partial charge >= 0.3 is 6.18 Å². The first-order valence-corrected chi connectivity index (χ1v) is 9.15. The van der Waals surface area contributed by atoms with Crippen LogP contribution < -0.4 is 0 Å². The molecule has 1 saturated heterocycles. The lowest BCUT2D eigenvalue weighted by molar-refractivity contribution is -0.137. The first-order valence-electron chi connectivity index (χ1n) is 8.77. The molecule has 0 radical (unpaired) electrons. The number of benzene rings is 1. The highest BCUT2D eigenvalue weighted by Gasteiger charge is 2.31. The van der Waals surface area contributed by atoms with Crippen molar-refractivity contribution in [3.05, 3.63) is 53.8 Å². The van der Waals surface area contributed by atoms with Gasteiger partial charge in [0, 0.05) is 18.7 Å². The number of rotatable bonds is 3. The number of halogens is 4. The minimum absolute atomic E-state index is 0.155. The van der Waals surface area contributed by atoms with Crippen LogP contribution in [0.4, 0.5) is 13.2 Å². The van der Waals surface area contributed by atoms with Crippen molar-refractivity contribution in [1.82, 2.24) is 24.6 Å². The maximum absolute atomic E-state index is 12.9. The van der Waals surface area contributed by atoms with E-state index in [-0.39, 0.29) is 17.1 Å². The predicted octanol–water partition coefficient (Wildman–Crippen LogP) is 4.12. The van der Waals surface area contributed by atoms with Crippen LogP contribution in [0.15, 0.2) is 43.1 Å². The third-order valence-electron chi connectivity index (χ3n) is 4.85. The number of hydrogen-bond donors (Lipinski definition) is 0. The molecule has 0 aliphatic carbocycles. The number of aromatic nitrogens is 4. The number of nitrogens with zero attached hydrogens (tertiary/aromatic N) is 5. The molecule has 29 heavy (non-hydrogen) atoms. The number of likely N-dealkylation sites (tertiary alicyclic amines) is 1. The van der Waals surface area contributed by atoms with Crippen LogP contribution in [0.5, 0.6) is 0 Å². The van der Waals surface area contributed by atoms with Crippen molar-refractivity contribution in [2.45, 2.75) is 18.6 Å². The first kappa shape index (κ1) is 19.4. The molecule has 2 aromatic heterocycles. The third kappa shape index (κ3) is 3.57. The Labute approximate surface area is 168 Å². The average molecular weight is 422 g/mol. The molecule has 1 unspecified atom stereocenters. The van der Waals surface area contributed by atoms with Crippen molar-refractivity contribution in [3.63, 3.8) is 0 Å². The Hall–Kier alpha value is -2.94. The molecule has 1 amide bonds. The van der Waals surface area contributed by atoms with Gasteiger partial charge in [-0.05, 0) is 24.6 Å². The van der Waals surface area contributed by atoms with Gasteiger partial charge in [0.2, 0.25) is 5.91 Å². The van der Waals surface area contributed by atoms with Crippen molar-refractivity contribution in [1.29, 1.82) is 0 Å². The lowest BCUT2D eigenvalue weighted by atomic mass is 10.1. The zero-order valence-corrected chi connectivity index (χ0v) is 15.8. The van der Waals surface area contributed by atoms with Gasteiger partial charge in [-0.2, -0.15) is 18.3 Å². The van der Waals surface area contributed by atoms with E-state index in [9.17, 15) is 18.0 Å². The van der Waals surface area contributed by atoms with Gasteiger partial charge in [-0.1, -0.05) is 30.3 Å². The molecule has 10 heteroatoms. The fourth-order valence-corrected chi connectivity index (χ4v) is 3.55. The highest BCUT2D eigenvalue weighted by atomic mass is 35.5. The maximum atomic E-state index is 12.9. The quantitative estimate of drug-likeness (QED) is 0.597. The average Bonchev–Trinajstić information content (AvgIpc) is 3.31. The van der Waals surface area contributed by atoms with E-state index in [0.717, 1.165) is 12.1 Å². The van der Waals surface area contributed by atoms with Crippen LogP contribution in [0.25, 0.3) is 22.4 Å². The molecule has 0 bridgehead atoms. The van der Waals surface area contributed by atoms with E-state index in [4.69, 9.17) is 11.6 Å². The fraction of sp³-hybridized carbons (Fsp3) is 0.263. The van der Waals surface area contributed by atoms with Crippen LogP contribution >= 0.6 is 11.6 Å². The van der Waals surface area contributed by atoms with Crippen LogP contribution in [0.1, 0.15) is 18.0 Å². The molecule has 1 aromatic carbocycles. The number of alkyl halides is 3. The molecule has 0 spiro atoms. The van der Waals surface area contributed by atoms with Crippen LogP contribution in [-0.2, 0) is 11.0 Å². The highest BCUT2D eigenvalue weighted by molar-refractivity contribution is 6.29. The van der Waals surface area contributed by atoms with E-state index in [1.54, 1.807) is 9.58 Å². The number of amides is 1. The number of hydrogen-bond acceptors (Lipinski definition) is 4. The standard InChI is InChI=1S/C19H15ClF3N5O/c1-2-15(29)27-8-7-13(10-27)28-18-17(24-9-14(20)25-18)16(26-28)11-3-5-12(6-4-11)19(21,22)23/h2-6,9,13H,1,7-8,10H2. The summed E-state index contributed by atoms with van der Waals surface area (Å²) in [4.78, 5) is 22.1. The van der Waals surface area contributed by atoms with E-state index in [1.807, 2.05) is 0 Å². The minimum atomic E-state index is -4.42. The first-order chi connectivity index (χ1) is 13.8. The van der Waals surface area contributed by atoms with Crippen molar-refractivity contribution < 1.29 is 18.0 Å². The van der Waals surface area contributed by atoms with E-state index in [2.05, 4.69) is 21.6 Å². The lowest BCUT2D eigenvalue weighted by Gasteiger charge is -2.14. The Balaban J connectivity index is 1.77. The largest absolute Gasteiger partial charge is 0.416 e. The van der Waals surface area contributed by atoms with Crippen LogP contribution in [0.2, 0.25) is 5.15 Å². The summed E-state index contributed by atoms with van der Waals surface area (Å²) in [7, 11) is 0. The number of fused-ring (bicyclic) bond motifs is 1. The zero-order chi connectivity index (χ0) is 20.8. The summed E-state index contributed by atoms with van der Waals surface area (Å²) in [6, 6.07) is 4.56. The van der Waals surface area contributed by atoms with E-state index < -0.39 is 11.7 Å². The summed E-state index contributed by atoms with van der Waals surface area (Å²) < 4.78 is 40.2. The fourth-order valence-electron chi connectivity index (χ4n) is 3.42. The summed E-state index contributed by atoms with van der Waals surface area (Å²) in [5.41, 5.74) is 1.00. The van der Waals surface area contributed by atoms with Crippen molar-refractivity contribution in [3.8, 4) is 11.3 Å². The molecule has 6 nitrogen and oxygen atoms in total. The van der Waals surface area contributed by atoms with Crippen LogP contribution in [0.3, 0.4) is 0 Å². The molecule has 150 valence electrons. The highest BCUT2D eigenvalue weighted by Crippen LogP contribution is 2.34. The molecule has 0 N–H and O–H groups in total. The Bertz CT molecular complexity index is 1090. The Kier molecular flexibility index (Phi) is 4.77. The van der Waals surface area contributed by atoms with E-state index >= 15 is 0 Å². The SMILES string of the molecule is C=CC(=O)N1CCC(n2nc(-c3ccc(C(F)(F)F)cc3)c3ncc(Cl)nc32)C1. The number of carbonyl (C=O) groups excluding carboxylic acids is 1. The van der Waals surface area contributed by atoms with Gasteiger partial charge in [0.1, 0.15) is 16.4 Å². The van der Waals surface area contributed by atoms with Gasteiger partial charge < -0.3 is 4.90 Å². The molecule has 3 heterocycles. The van der Waals surface area contributed by atoms with Gasteiger partial charge in [-0.3, -0.25) is 4.79 Å². The molecule has 1 fully saturated rings. The normalized spacial score (nSPS) is 17.1. The van der Waals surface area contributed by atoms with Gasteiger partial charge in [-0.25, -0.2) is 14.6 Å². The third-order valence-corrected chi connectivity index (χ3v) is 5.04. The van der Waals surface area contributed by atoms with Crippen molar-refractivity contribution in [2.75, 3.05) is 13.1 Å². The van der Waals surface area contributed by atoms with Gasteiger partial charge in [0.05, 0.1) is 17.8 Å². The van der Waals surface area contributed by atoms with E-state index in [1.165, 1.54) is 24.4 Å². The summed E-state index contributed by atoms with van der Waals surface area (Å²) in [5, 5.41) is 4.76. The van der Waals surface area contributed by atoms with Gasteiger partial charge in [0.15, 0.2) is 5.65 Å². The maximum Gasteiger partial charge on any atom is 0.416 e. The summed E-state index contributed by atoms with van der Waals surface area (Å²) in [6.07, 6.45) is -1.14. The Morgan fingerprint density at radius 2 is 2.00 bits per heavy atom.